The number of para-hydroxylation sites is 1. The van der Waals surface area contributed by atoms with E-state index in [0.29, 0.717) is 12.5 Å². The Bertz CT molecular complexity index is 444. The zero-order valence-corrected chi connectivity index (χ0v) is 12.7. The average molecular weight is 274 g/mol. The van der Waals surface area contributed by atoms with Crippen LogP contribution in [0.2, 0.25) is 0 Å². The molecule has 0 spiro atoms. The van der Waals surface area contributed by atoms with Gasteiger partial charge in [-0.2, -0.15) is 0 Å². The number of nitrogens with zero attached hydrogens (tertiary/aromatic N) is 1. The first-order valence-electron chi connectivity index (χ1n) is 7.80. The number of likely N-dealkylation sites (tertiary alicyclic amines) is 1. The molecule has 1 heterocycles. The van der Waals surface area contributed by atoms with Crippen LogP contribution in [-0.2, 0) is 4.79 Å². The Kier molecular flexibility index (Phi) is 5.60. The summed E-state index contributed by atoms with van der Waals surface area (Å²) >= 11 is 0. The number of piperidine rings is 1. The quantitative estimate of drug-likeness (QED) is 0.890. The van der Waals surface area contributed by atoms with E-state index in [9.17, 15) is 4.79 Å². The Labute approximate surface area is 122 Å². The molecule has 1 amide bonds. The van der Waals surface area contributed by atoms with E-state index >= 15 is 0 Å². The number of rotatable bonds is 5. The lowest BCUT2D eigenvalue weighted by atomic mass is 10.00. The Morgan fingerprint density at radius 1 is 1.35 bits per heavy atom. The van der Waals surface area contributed by atoms with Crippen LogP contribution in [0.5, 0.6) is 0 Å². The molecule has 1 unspecified atom stereocenters. The molecule has 0 saturated carbocycles. The van der Waals surface area contributed by atoms with Gasteiger partial charge in [0.1, 0.15) is 0 Å². The molecule has 110 valence electrons. The minimum atomic E-state index is 0.125. The third-order valence-corrected chi connectivity index (χ3v) is 4.27. The van der Waals surface area contributed by atoms with E-state index in [2.05, 4.69) is 17.1 Å². The van der Waals surface area contributed by atoms with Crippen LogP contribution < -0.4 is 5.32 Å². The number of carbonyl (C=O) groups is 1. The van der Waals surface area contributed by atoms with Gasteiger partial charge >= 0.3 is 0 Å². The fourth-order valence-electron chi connectivity index (χ4n) is 2.99. The number of aryl methyl sites for hydroxylation is 1. The van der Waals surface area contributed by atoms with Crippen LogP contribution >= 0.6 is 0 Å². The molecule has 1 atom stereocenters. The summed E-state index contributed by atoms with van der Waals surface area (Å²) in [4.78, 5) is 14.6. The molecule has 1 aromatic rings. The smallest absolute Gasteiger partial charge is 0.225 e. The molecule has 1 aromatic carbocycles. The average Bonchev–Trinajstić information content (AvgIpc) is 2.48. The molecule has 1 fully saturated rings. The first kappa shape index (κ1) is 15.0. The largest absolute Gasteiger partial charge is 0.326 e. The van der Waals surface area contributed by atoms with Gasteiger partial charge in [-0.3, -0.25) is 9.69 Å². The van der Waals surface area contributed by atoms with Crippen LogP contribution in [0.3, 0.4) is 0 Å². The highest BCUT2D eigenvalue weighted by molar-refractivity contribution is 5.91. The lowest BCUT2D eigenvalue weighted by molar-refractivity contribution is -0.116. The van der Waals surface area contributed by atoms with Crippen molar-refractivity contribution in [1.82, 2.24) is 4.90 Å². The molecule has 1 aliphatic heterocycles. The third kappa shape index (κ3) is 4.07. The van der Waals surface area contributed by atoms with Crippen molar-refractivity contribution in [2.24, 2.45) is 0 Å². The molecule has 3 heteroatoms. The number of nitrogens with one attached hydrogen (secondary N) is 1. The minimum Gasteiger partial charge on any atom is -0.326 e. The SMILES string of the molecule is CCC1CCCCN1CCC(=O)Nc1ccccc1C. The summed E-state index contributed by atoms with van der Waals surface area (Å²) < 4.78 is 0. The van der Waals surface area contributed by atoms with Gasteiger partial charge in [0.15, 0.2) is 0 Å². The maximum atomic E-state index is 12.1. The first-order valence-corrected chi connectivity index (χ1v) is 7.80. The Balaban J connectivity index is 1.81. The number of carbonyl (C=O) groups excluding carboxylic acids is 1. The molecule has 20 heavy (non-hydrogen) atoms. The Morgan fingerprint density at radius 3 is 2.90 bits per heavy atom. The Morgan fingerprint density at radius 2 is 2.15 bits per heavy atom. The van der Waals surface area contributed by atoms with Gasteiger partial charge in [-0.25, -0.2) is 0 Å². The van der Waals surface area contributed by atoms with E-state index < -0.39 is 0 Å². The lowest BCUT2D eigenvalue weighted by Crippen LogP contribution is -2.40. The Hall–Kier alpha value is -1.35. The molecule has 0 radical (unpaired) electrons. The van der Waals surface area contributed by atoms with Gasteiger partial charge < -0.3 is 5.32 Å². The normalized spacial score (nSPS) is 19.8. The predicted molar refractivity (Wildman–Crippen MR) is 83.9 cm³/mol. The monoisotopic (exact) mass is 274 g/mol. The van der Waals surface area contributed by atoms with E-state index in [1.807, 2.05) is 31.2 Å². The highest BCUT2D eigenvalue weighted by atomic mass is 16.1. The highest BCUT2D eigenvalue weighted by Crippen LogP contribution is 2.20. The van der Waals surface area contributed by atoms with Gasteiger partial charge in [-0.15, -0.1) is 0 Å². The molecule has 0 aromatic heterocycles. The van der Waals surface area contributed by atoms with Gasteiger partial charge in [0, 0.05) is 24.7 Å². The van der Waals surface area contributed by atoms with Crippen molar-refractivity contribution in [3.8, 4) is 0 Å². The summed E-state index contributed by atoms with van der Waals surface area (Å²) in [6, 6.07) is 8.61. The van der Waals surface area contributed by atoms with E-state index in [-0.39, 0.29) is 5.91 Å². The van der Waals surface area contributed by atoms with Crippen LogP contribution in [0.4, 0.5) is 5.69 Å². The lowest BCUT2D eigenvalue weighted by Gasteiger charge is -2.35. The number of benzene rings is 1. The first-order chi connectivity index (χ1) is 9.70. The van der Waals surface area contributed by atoms with Crippen molar-refractivity contribution in [3.05, 3.63) is 29.8 Å². The van der Waals surface area contributed by atoms with Crippen molar-refractivity contribution >= 4 is 11.6 Å². The topological polar surface area (TPSA) is 32.3 Å². The second kappa shape index (κ2) is 7.44. The maximum absolute atomic E-state index is 12.1. The van der Waals surface area contributed by atoms with Crippen LogP contribution in [0.15, 0.2) is 24.3 Å². The zero-order chi connectivity index (χ0) is 14.4. The molecular formula is C17H26N2O. The van der Waals surface area contributed by atoms with Gasteiger partial charge in [0.2, 0.25) is 5.91 Å². The molecule has 2 rings (SSSR count). The number of anilines is 1. The summed E-state index contributed by atoms with van der Waals surface area (Å²) in [7, 11) is 0. The van der Waals surface area contributed by atoms with Crippen LogP contribution in [-0.4, -0.2) is 29.9 Å². The van der Waals surface area contributed by atoms with E-state index in [1.54, 1.807) is 0 Å². The van der Waals surface area contributed by atoms with Crippen molar-refractivity contribution in [2.75, 3.05) is 18.4 Å². The predicted octanol–water partition coefficient (Wildman–Crippen LogP) is 3.59. The van der Waals surface area contributed by atoms with Gasteiger partial charge in [0.05, 0.1) is 0 Å². The molecule has 1 N–H and O–H groups in total. The summed E-state index contributed by atoms with van der Waals surface area (Å²) in [5.41, 5.74) is 2.05. The van der Waals surface area contributed by atoms with Crippen LogP contribution in [0.1, 0.15) is 44.6 Å². The van der Waals surface area contributed by atoms with Gasteiger partial charge in [-0.05, 0) is 44.4 Å². The second-order valence-electron chi connectivity index (χ2n) is 5.71. The van der Waals surface area contributed by atoms with E-state index in [0.717, 1.165) is 24.3 Å². The summed E-state index contributed by atoms with van der Waals surface area (Å²) in [5, 5.41) is 3.02. The van der Waals surface area contributed by atoms with Crippen LogP contribution in [0.25, 0.3) is 0 Å². The molecule has 3 nitrogen and oxygen atoms in total. The standard InChI is InChI=1S/C17H26N2O/c1-3-15-9-6-7-12-19(15)13-11-17(20)18-16-10-5-4-8-14(16)2/h4-5,8,10,15H,3,6-7,9,11-13H2,1-2H3,(H,18,20). The second-order valence-corrected chi connectivity index (χ2v) is 5.71. The highest BCUT2D eigenvalue weighted by Gasteiger charge is 2.20. The zero-order valence-electron chi connectivity index (χ0n) is 12.7. The minimum absolute atomic E-state index is 0.125. The van der Waals surface area contributed by atoms with Crippen LogP contribution in [0, 0.1) is 6.92 Å². The van der Waals surface area contributed by atoms with E-state index in [1.165, 1.54) is 25.7 Å². The fraction of sp³-hybridized carbons (Fsp3) is 0.588. The summed E-state index contributed by atoms with van der Waals surface area (Å²) in [6.07, 6.45) is 5.68. The summed E-state index contributed by atoms with van der Waals surface area (Å²) in [5.74, 6) is 0.125. The van der Waals surface area contributed by atoms with Crippen molar-refractivity contribution in [2.45, 2.75) is 52.0 Å². The van der Waals surface area contributed by atoms with Crippen molar-refractivity contribution < 1.29 is 4.79 Å². The van der Waals surface area contributed by atoms with Crippen molar-refractivity contribution in [3.63, 3.8) is 0 Å². The maximum Gasteiger partial charge on any atom is 0.225 e. The number of amides is 1. The van der Waals surface area contributed by atoms with Gasteiger partial charge in [-0.1, -0.05) is 31.5 Å². The van der Waals surface area contributed by atoms with E-state index in [4.69, 9.17) is 0 Å². The van der Waals surface area contributed by atoms with Gasteiger partial charge in [0.25, 0.3) is 0 Å². The molecular weight excluding hydrogens is 248 g/mol. The number of hydrogen-bond donors (Lipinski definition) is 1. The number of hydrogen-bond acceptors (Lipinski definition) is 2. The molecule has 0 aliphatic carbocycles. The molecule has 0 bridgehead atoms. The third-order valence-electron chi connectivity index (χ3n) is 4.27. The molecule has 1 saturated heterocycles. The molecule has 1 aliphatic rings. The van der Waals surface area contributed by atoms with Crippen molar-refractivity contribution in [1.29, 1.82) is 0 Å². The summed E-state index contributed by atoms with van der Waals surface area (Å²) in [6.45, 7) is 6.30. The fourth-order valence-corrected chi connectivity index (χ4v) is 2.99.